The number of rotatable bonds is 2. The van der Waals surface area contributed by atoms with Crippen molar-refractivity contribution < 1.29 is 28.2 Å². The van der Waals surface area contributed by atoms with Gasteiger partial charge in [-0.15, -0.1) is 0 Å². The van der Waals surface area contributed by atoms with Crippen LogP contribution < -0.4 is 0 Å². The number of aliphatic hydroxyl groups is 1. The maximum Gasteiger partial charge on any atom is 0.418 e. The molecule has 0 heterocycles. The molecule has 0 spiro atoms. The van der Waals surface area contributed by atoms with Crippen molar-refractivity contribution >= 4 is 5.97 Å². The molecule has 15 heavy (non-hydrogen) atoms. The lowest BCUT2D eigenvalue weighted by atomic mass is 10.1. The van der Waals surface area contributed by atoms with Gasteiger partial charge in [-0.3, -0.25) is 0 Å². The SMILES string of the molecule is O=C(O)c1ccc([C@H](O)C(F)(F)F)cc1. The summed E-state index contributed by atoms with van der Waals surface area (Å²) in [4.78, 5) is 10.4. The first kappa shape index (κ1) is 11.5. The molecule has 1 atom stereocenters. The van der Waals surface area contributed by atoms with Gasteiger partial charge in [0.2, 0.25) is 0 Å². The van der Waals surface area contributed by atoms with Crippen molar-refractivity contribution in [3.63, 3.8) is 0 Å². The molecule has 0 aromatic heterocycles. The largest absolute Gasteiger partial charge is 0.478 e. The van der Waals surface area contributed by atoms with Crippen LogP contribution >= 0.6 is 0 Å². The van der Waals surface area contributed by atoms with Crippen LogP contribution in [0.5, 0.6) is 0 Å². The van der Waals surface area contributed by atoms with E-state index < -0.39 is 18.2 Å². The van der Waals surface area contributed by atoms with Gasteiger partial charge in [0.05, 0.1) is 5.56 Å². The predicted molar refractivity (Wildman–Crippen MR) is 44.4 cm³/mol. The molecule has 1 aromatic rings. The van der Waals surface area contributed by atoms with Gasteiger partial charge in [0.15, 0.2) is 6.10 Å². The van der Waals surface area contributed by atoms with Crippen molar-refractivity contribution in [2.45, 2.75) is 12.3 Å². The Hall–Kier alpha value is -1.56. The number of hydrogen-bond donors (Lipinski definition) is 2. The maximum absolute atomic E-state index is 12.0. The summed E-state index contributed by atoms with van der Waals surface area (Å²) in [6.07, 6.45) is -7.33. The number of carboxylic acid groups (broad SMARTS) is 1. The molecular formula is C9H7F3O3. The highest BCUT2D eigenvalue weighted by Crippen LogP contribution is 2.32. The van der Waals surface area contributed by atoms with E-state index >= 15 is 0 Å². The number of carbonyl (C=O) groups is 1. The Morgan fingerprint density at radius 2 is 1.67 bits per heavy atom. The van der Waals surface area contributed by atoms with E-state index in [2.05, 4.69) is 0 Å². The fraction of sp³-hybridized carbons (Fsp3) is 0.222. The van der Waals surface area contributed by atoms with Crippen LogP contribution in [0.4, 0.5) is 13.2 Å². The summed E-state index contributed by atoms with van der Waals surface area (Å²) < 4.78 is 36.1. The number of aromatic carboxylic acids is 1. The third-order valence-electron chi connectivity index (χ3n) is 1.78. The summed E-state index contributed by atoms with van der Waals surface area (Å²) in [6, 6.07) is 3.88. The van der Waals surface area contributed by atoms with Crippen LogP contribution in [-0.2, 0) is 0 Å². The molecule has 2 N–H and O–H groups in total. The quantitative estimate of drug-likeness (QED) is 0.801. The first-order valence-electron chi connectivity index (χ1n) is 3.90. The lowest BCUT2D eigenvalue weighted by Crippen LogP contribution is -2.20. The number of hydrogen-bond acceptors (Lipinski definition) is 2. The van der Waals surface area contributed by atoms with Crippen LogP contribution in [0.1, 0.15) is 22.0 Å². The maximum atomic E-state index is 12.0. The van der Waals surface area contributed by atoms with Gasteiger partial charge in [0, 0.05) is 0 Å². The van der Waals surface area contributed by atoms with Crippen LogP contribution in [0.2, 0.25) is 0 Å². The van der Waals surface area contributed by atoms with Crippen molar-refractivity contribution in [2.24, 2.45) is 0 Å². The average molecular weight is 220 g/mol. The molecule has 0 fully saturated rings. The van der Waals surface area contributed by atoms with Crippen molar-refractivity contribution in [1.82, 2.24) is 0 Å². The smallest absolute Gasteiger partial charge is 0.418 e. The van der Waals surface area contributed by atoms with E-state index in [1.54, 1.807) is 0 Å². The van der Waals surface area contributed by atoms with Gasteiger partial charge < -0.3 is 10.2 Å². The van der Waals surface area contributed by atoms with Crippen LogP contribution in [0.15, 0.2) is 24.3 Å². The van der Waals surface area contributed by atoms with Crippen LogP contribution in [0, 0.1) is 0 Å². The lowest BCUT2D eigenvalue weighted by Gasteiger charge is -2.14. The summed E-state index contributed by atoms with van der Waals surface area (Å²) in [5, 5.41) is 17.3. The second-order valence-corrected chi connectivity index (χ2v) is 2.87. The first-order chi connectivity index (χ1) is 6.82. The summed E-state index contributed by atoms with van der Waals surface area (Å²) >= 11 is 0. The number of alkyl halides is 3. The van der Waals surface area contributed by atoms with Crippen molar-refractivity contribution in [2.75, 3.05) is 0 Å². The van der Waals surface area contributed by atoms with Crippen LogP contribution in [0.25, 0.3) is 0 Å². The second-order valence-electron chi connectivity index (χ2n) is 2.87. The average Bonchev–Trinajstić information content (AvgIpc) is 2.15. The van der Waals surface area contributed by atoms with E-state index in [0.717, 1.165) is 24.3 Å². The van der Waals surface area contributed by atoms with Gasteiger partial charge >= 0.3 is 12.1 Å². The van der Waals surface area contributed by atoms with Gasteiger partial charge in [0.1, 0.15) is 0 Å². The monoisotopic (exact) mass is 220 g/mol. The molecule has 0 saturated carbocycles. The van der Waals surface area contributed by atoms with Gasteiger partial charge in [-0.2, -0.15) is 13.2 Å². The van der Waals surface area contributed by atoms with Gasteiger partial charge in [-0.05, 0) is 17.7 Å². The Bertz CT molecular complexity index is 356. The molecule has 6 heteroatoms. The van der Waals surface area contributed by atoms with Crippen LogP contribution in [-0.4, -0.2) is 22.4 Å². The molecule has 0 unspecified atom stereocenters. The van der Waals surface area contributed by atoms with E-state index in [1.807, 2.05) is 0 Å². The fourth-order valence-corrected chi connectivity index (χ4v) is 0.997. The zero-order chi connectivity index (χ0) is 11.6. The van der Waals surface area contributed by atoms with Crippen molar-refractivity contribution in [3.05, 3.63) is 35.4 Å². The standard InChI is InChI=1S/C9H7F3O3/c10-9(11,12)7(13)5-1-3-6(4-2-5)8(14)15/h1-4,7,13H,(H,14,15)/t7-/m0/s1. The highest BCUT2D eigenvalue weighted by atomic mass is 19.4. The Morgan fingerprint density at radius 1 is 1.20 bits per heavy atom. The number of benzene rings is 1. The summed E-state index contributed by atoms with van der Waals surface area (Å²) in [7, 11) is 0. The molecule has 0 radical (unpaired) electrons. The first-order valence-corrected chi connectivity index (χ1v) is 3.90. The van der Waals surface area contributed by atoms with Gasteiger partial charge in [0.25, 0.3) is 0 Å². The van der Waals surface area contributed by atoms with E-state index in [1.165, 1.54) is 0 Å². The molecule has 0 amide bonds. The fourth-order valence-electron chi connectivity index (χ4n) is 0.997. The Kier molecular flexibility index (Phi) is 2.99. The Labute approximate surface area is 82.8 Å². The molecule has 0 aliphatic rings. The lowest BCUT2D eigenvalue weighted by molar-refractivity contribution is -0.206. The minimum Gasteiger partial charge on any atom is -0.478 e. The molecule has 1 aromatic carbocycles. The Morgan fingerprint density at radius 3 is 2.00 bits per heavy atom. The van der Waals surface area contributed by atoms with E-state index in [9.17, 15) is 18.0 Å². The molecule has 1 rings (SSSR count). The third kappa shape index (κ3) is 2.69. The minimum absolute atomic E-state index is 0.131. The summed E-state index contributed by atoms with van der Waals surface area (Å²) in [6.45, 7) is 0. The molecule has 0 aliphatic carbocycles. The zero-order valence-electron chi connectivity index (χ0n) is 7.32. The third-order valence-corrected chi connectivity index (χ3v) is 1.78. The highest BCUT2D eigenvalue weighted by Gasteiger charge is 2.39. The highest BCUT2D eigenvalue weighted by molar-refractivity contribution is 5.87. The van der Waals surface area contributed by atoms with E-state index in [4.69, 9.17) is 10.2 Å². The summed E-state index contributed by atoms with van der Waals surface area (Å²) in [5.74, 6) is -1.23. The minimum atomic E-state index is -4.75. The molecule has 0 aliphatic heterocycles. The van der Waals surface area contributed by atoms with Gasteiger partial charge in [-0.1, -0.05) is 12.1 Å². The zero-order valence-corrected chi connectivity index (χ0v) is 7.32. The summed E-state index contributed by atoms with van der Waals surface area (Å²) in [5.41, 5.74) is -0.513. The van der Waals surface area contributed by atoms with Crippen molar-refractivity contribution in [1.29, 1.82) is 0 Å². The number of carboxylic acids is 1. The van der Waals surface area contributed by atoms with E-state index in [-0.39, 0.29) is 11.1 Å². The molecular weight excluding hydrogens is 213 g/mol. The Balaban J connectivity index is 2.94. The van der Waals surface area contributed by atoms with Gasteiger partial charge in [-0.25, -0.2) is 4.79 Å². The predicted octanol–water partition coefficient (Wildman–Crippen LogP) is 1.98. The topological polar surface area (TPSA) is 57.5 Å². The normalized spacial score (nSPS) is 13.6. The second kappa shape index (κ2) is 3.90. The molecule has 82 valence electrons. The van der Waals surface area contributed by atoms with Crippen LogP contribution in [0.3, 0.4) is 0 Å². The molecule has 0 bridgehead atoms. The molecule has 0 saturated heterocycles. The van der Waals surface area contributed by atoms with Crippen molar-refractivity contribution in [3.8, 4) is 0 Å². The number of aliphatic hydroxyl groups excluding tert-OH is 1. The van der Waals surface area contributed by atoms with E-state index in [0.29, 0.717) is 0 Å². The number of halogens is 3. The molecule has 3 nitrogen and oxygen atoms in total.